The lowest BCUT2D eigenvalue weighted by Gasteiger charge is -2.29. The molecule has 0 amide bonds. The molecule has 4 nitrogen and oxygen atoms in total. The number of imidazole rings is 1. The van der Waals surface area contributed by atoms with Gasteiger partial charge in [-0.25, -0.2) is 4.98 Å². The second kappa shape index (κ2) is 18.4. The average molecular weight is 920 g/mol. The molecular formula is C66H67N3O. The molecule has 0 atom stereocenters. The molecule has 352 valence electrons. The van der Waals surface area contributed by atoms with Crippen LogP contribution in [0.3, 0.4) is 0 Å². The number of phenolic OH excluding ortho intramolecular Hbond substituents is 1. The van der Waals surface area contributed by atoms with E-state index < -0.39 is 11.8 Å². The molecular weight excluding hydrogens is 851 g/mol. The Kier molecular flexibility index (Phi) is 11.6. The zero-order valence-corrected chi connectivity index (χ0v) is 42.4. The van der Waals surface area contributed by atoms with Crippen molar-refractivity contribution in [1.82, 2.24) is 14.5 Å². The molecule has 0 unspecified atom stereocenters. The van der Waals surface area contributed by atoms with Crippen molar-refractivity contribution in [3.05, 3.63) is 204 Å². The second-order valence-electron chi connectivity index (χ2n) is 22.4. The van der Waals surface area contributed by atoms with Crippen molar-refractivity contribution in [2.75, 3.05) is 0 Å². The maximum atomic E-state index is 12.5. The van der Waals surface area contributed by atoms with Crippen LogP contribution in [-0.4, -0.2) is 19.6 Å². The van der Waals surface area contributed by atoms with E-state index in [0.29, 0.717) is 37.1 Å². The molecule has 1 saturated carbocycles. The summed E-state index contributed by atoms with van der Waals surface area (Å²) in [6.07, 6.45) is 4.52. The van der Waals surface area contributed by atoms with E-state index in [2.05, 4.69) is 219 Å². The molecule has 0 saturated heterocycles. The zero-order chi connectivity index (χ0) is 50.8. The minimum Gasteiger partial charge on any atom is -0.507 e. The summed E-state index contributed by atoms with van der Waals surface area (Å²) in [4.78, 5) is 10.5. The van der Waals surface area contributed by atoms with Gasteiger partial charge in [-0.05, 0) is 141 Å². The number of benzene rings is 7. The Morgan fingerprint density at radius 3 is 1.74 bits per heavy atom. The molecule has 1 N–H and O–H groups in total. The monoisotopic (exact) mass is 920 g/mol. The number of hydrogen-bond donors (Lipinski definition) is 1. The van der Waals surface area contributed by atoms with Crippen LogP contribution in [0.25, 0.3) is 72.7 Å². The SMILES string of the molecule is [2H]C1(c2ccccc2)CCC([2H])(c2ccc(-c3ccnc(-c4cccc(-c5cccc6c5nc(-c5cc(C(C)(C)C)cc(C(C)(C)C)c5O)n6-c5ccc(C(C)(C)C)cc5-c5ccccc5)c4)c3)cc2)CC1. The van der Waals surface area contributed by atoms with Crippen molar-refractivity contribution in [2.24, 2.45) is 0 Å². The number of phenols is 1. The Balaban J connectivity index is 1.07. The molecule has 9 aromatic rings. The molecule has 0 bridgehead atoms. The summed E-state index contributed by atoms with van der Waals surface area (Å²) in [5.74, 6) is -0.427. The molecule has 70 heavy (non-hydrogen) atoms. The smallest absolute Gasteiger partial charge is 0.149 e. The van der Waals surface area contributed by atoms with Crippen LogP contribution in [0.2, 0.25) is 0 Å². The van der Waals surface area contributed by atoms with E-state index in [1.54, 1.807) is 0 Å². The minimum atomic E-state index is -0.714. The molecule has 1 fully saturated rings. The number of hydrogen-bond acceptors (Lipinski definition) is 3. The fraction of sp³-hybridized carbons (Fsp3) is 0.273. The normalized spacial score (nSPS) is 18.1. The summed E-state index contributed by atoms with van der Waals surface area (Å²) >= 11 is 0. The number of pyridine rings is 1. The molecule has 4 heteroatoms. The number of aromatic nitrogens is 3. The van der Waals surface area contributed by atoms with E-state index in [-0.39, 0.29) is 22.0 Å². The summed E-state index contributed by atoms with van der Waals surface area (Å²) in [6, 6.07) is 59.5. The van der Waals surface area contributed by atoms with Crippen molar-refractivity contribution in [2.45, 2.75) is 116 Å². The third kappa shape index (κ3) is 9.25. The van der Waals surface area contributed by atoms with Crippen LogP contribution in [0.1, 0.15) is 130 Å². The van der Waals surface area contributed by atoms with Gasteiger partial charge in [-0.1, -0.05) is 190 Å². The predicted molar refractivity (Wildman–Crippen MR) is 294 cm³/mol. The van der Waals surface area contributed by atoms with Crippen LogP contribution < -0.4 is 0 Å². The van der Waals surface area contributed by atoms with Gasteiger partial charge in [-0.2, -0.15) is 0 Å². The van der Waals surface area contributed by atoms with E-state index in [1.165, 1.54) is 5.56 Å². The molecule has 1 aliphatic rings. The molecule has 1 aliphatic carbocycles. The van der Waals surface area contributed by atoms with Gasteiger partial charge in [0.2, 0.25) is 0 Å². The van der Waals surface area contributed by atoms with Gasteiger partial charge in [0.25, 0.3) is 0 Å². The van der Waals surface area contributed by atoms with Crippen molar-refractivity contribution < 1.29 is 7.85 Å². The molecule has 7 aromatic carbocycles. The summed E-state index contributed by atoms with van der Waals surface area (Å²) in [5, 5.41) is 12.5. The molecule has 2 aromatic heterocycles. The van der Waals surface area contributed by atoms with Crippen LogP contribution in [-0.2, 0) is 16.2 Å². The van der Waals surface area contributed by atoms with E-state index in [1.807, 2.05) is 24.4 Å². The first kappa shape index (κ1) is 44.2. The minimum absolute atomic E-state index is 0.0817. The van der Waals surface area contributed by atoms with Crippen LogP contribution in [0.4, 0.5) is 0 Å². The average Bonchev–Trinajstić information content (AvgIpc) is 3.76. The highest BCUT2D eigenvalue weighted by Gasteiger charge is 2.30. The molecule has 0 aliphatic heterocycles. The van der Waals surface area contributed by atoms with Crippen molar-refractivity contribution in [3.8, 4) is 67.5 Å². The third-order valence-corrected chi connectivity index (χ3v) is 14.4. The highest BCUT2D eigenvalue weighted by atomic mass is 16.3. The Labute approximate surface area is 419 Å². The zero-order valence-electron chi connectivity index (χ0n) is 44.4. The third-order valence-electron chi connectivity index (χ3n) is 14.4. The molecule has 0 spiro atoms. The molecule has 0 radical (unpaired) electrons. The van der Waals surface area contributed by atoms with Gasteiger partial charge in [0.15, 0.2) is 0 Å². The number of para-hydroxylation sites is 1. The highest BCUT2D eigenvalue weighted by Crippen LogP contribution is 2.46. The summed E-state index contributed by atoms with van der Waals surface area (Å²) in [6.45, 7) is 19.9. The first-order valence-corrected chi connectivity index (χ1v) is 25.0. The maximum absolute atomic E-state index is 12.5. The van der Waals surface area contributed by atoms with Gasteiger partial charge >= 0.3 is 0 Å². The Hall–Kier alpha value is -7.04. The van der Waals surface area contributed by atoms with E-state index in [9.17, 15) is 7.85 Å². The maximum Gasteiger partial charge on any atom is 0.149 e. The lowest BCUT2D eigenvalue weighted by atomic mass is 9.76. The number of nitrogens with zero attached hydrogens (tertiary/aromatic N) is 3. The first-order valence-electron chi connectivity index (χ1n) is 26.0. The topological polar surface area (TPSA) is 50.9 Å². The van der Waals surface area contributed by atoms with E-state index >= 15 is 0 Å². The Bertz CT molecular complexity index is 3440. The number of aromatic hydroxyl groups is 1. The van der Waals surface area contributed by atoms with E-state index in [0.717, 1.165) is 83.6 Å². The Morgan fingerprint density at radius 2 is 1.09 bits per heavy atom. The van der Waals surface area contributed by atoms with Gasteiger partial charge in [0.05, 0.1) is 28.0 Å². The molecule has 2 heterocycles. The Morgan fingerprint density at radius 1 is 0.486 bits per heavy atom. The number of rotatable bonds is 8. The first-order chi connectivity index (χ1) is 34.2. The van der Waals surface area contributed by atoms with Crippen molar-refractivity contribution >= 4 is 11.0 Å². The highest BCUT2D eigenvalue weighted by molar-refractivity contribution is 5.97. The standard InChI is InChI=1S/C66H67N3O/c1-64(2,3)52-34-35-59(55(40-52)48-20-14-11-15-21-48)69-60-25-17-24-54(61(60)68-63(69)56-41-53(65(4,5)6)42-57(62(56)70)66(7,8)9)50-22-16-23-51(38-50)58-39-49(36-37-67-58)47-32-30-46(31-33-47)45-28-26-44(27-29-45)43-18-12-10-13-19-43/h10-25,30-42,44-45,70H,26-29H2,1-9H3/i44D,45D. The van der Waals surface area contributed by atoms with Crippen LogP contribution in [0.5, 0.6) is 5.75 Å². The summed E-state index contributed by atoms with van der Waals surface area (Å²) in [5.41, 5.74) is 16.3. The van der Waals surface area contributed by atoms with Gasteiger partial charge < -0.3 is 5.11 Å². The van der Waals surface area contributed by atoms with Crippen LogP contribution in [0.15, 0.2) is 176 Å². The predicted octanol–water partition coefficient (Wildman–Crippen LogP) is 17.8. The summed E-state index contributed by atoms with van der Waals surface area (Å²) in [7, 11) is 0. The van der Waals surface area contributed by atoms with E-state index in [4.69, 9.17) is 9.97 Å². The van der Waals surface area contributed by atoms with Gasteiger partial charge in [-0.3, -0.25) is 9.55 Å². The molecule has 10 rings (SSSR count). The largest absolute Gasteiger partial charge is 0.507 e. The van der Waals surface area contributed by atoms with Crippen molar-refractivity contribution in [1.29, 1.82) is 0 Å². The number of fused-ring (bicyclic) bond motifs is 1. The van der Waals surface area contributed by atoms with Crippen LogP contribution >= 0.6 is 0 Å². The van der Waals surface area contributed by atoms with Crippen molar-refractivity contribution in [3.63, 3.8) is 0 Å². The lowest BCUT2D eigenvalue weighted by Crippen LogP contribution is -2.17. The van der Waals surface area contributed by atoms with Gasteiger partial charge in [-0.15, -0.1) is 0 Å². The fourth-order valence-electron chi connectivity index (χ4n) is 10.2. The fourth-order valence-corrected chi connectivity index (χ4v) is 10.2. The second-order valence-corrected chi connectivity index (χ2v) is 22.4. The van der Waals surface area contributed by atoms with Gasteiger partial charge in [0.1, 0.15) is 11.6 Å². The van der Waals surface area contributed by atoms with Crippen LogP contribution in [0, 0.1) is 0 Å². The quantitative estimate of drug-likeness (QED) is 0.165. The lowest BCUT2D eigenvalue weighted by molar-refractivity contribution is 0.396. The summed E-state index contributed by atoms with van der Waals surface area (Å²) < 4.78 is 21.0. The van der Waals surface area contributed by atoms with Gasteiger partial charge in [0, 0.05) is 31.2 Å².